The minimum Gasteiger partial charge on any atom is -0.388 e. The second kappa shape index (κ2) is 5.10. The highest BCUT2D eigenvalue weighted by Gasteiger charge is 2.31. The maximum Gasteiger partial charge on any atom is 0.134 e. The van der Waals surface area contributed by atoms with Gasteiger partial charge in [-0.05, 0) is 26.7 Å². The summed E-state index contributed by atoms with van der Waals surface area (Å²) in [6.07, 6.45) is 3.98. The van der Waals surface area contributed by atoms with Crippen molar-refractivity contribution in [2.24, 2.45) is 0 Å². The molecule has 0 amide bonds. The van der Waals surface area contributed by atoms with Crippen LogP contribution in [0.5, 0.6) is 0 Å². The van der Waals surface area contributed by atoms with Crippen LogP contribution in [0.4, 0.5) is 11.6 Å². The second-order valence-electron chi connectivity index (χ2n) is 5.13. The van der Waals surface area contributed by atoms with Crippen LogP contribution in [0, 0.1) is 13.8 Å². The van der Waals surface area contributed by atoms with Crippen molar-refractivity contribution in [3.05, 3.63) is 11.4 Å². The van der Waals surface area contributed by atoms with Crippen LogP contribution in [0.25, 0.3) is 0 Å². The van der Waals surface area contributed by atoms with E-state index in [0.717, 1.165) is 48.7 Å². The van der Waals surface area contributed by atoms with Gasteiger partial charge in [0.1, 0.15) is 17.5 Å². The molecule has 1 aliphatic rings. The number of nitrogens with zero attached hydrogens (tertiary/aromatic N) is 2. The van der Waals surface area contributed by atoms with Gasteiger partial charge in [-0.15, -0.1) is 0 Å². The average molecular weight is 250 g/mol. The molecule has 0 saturated heterocycles. The Morgan fingerprint density at radius 1 is 1.17 bits per heavy atom. The third kappa shape index (κ3) is 2.72. The zero-order chi connectivity index (χ0) is 13.2. The van der Waals surface area contributed by atoms with Crippen molar-refractivity contribution in [1.29, 1.82) is 0 Å². The smallest absolute Gasteiger partial charge is 0.134 e. The van der Waals surface area contributed by atoms with Gasteiger partial charge in [0.25, 0.3) is 0 Å². The molecule has 0 radical (unpaired) electrons. The van der Waals surface area contributed by atoms with Crippen molar-refractivity contribution in [3.8, 4) is 0 Å². The largest absolute Gasteiger partial charge is 0.388 e. The van der Waals surface area contributed by atoms with Crippen molar-refractivity contribution in [2.75, 3.05) is 24.2 Å². The minimum absolute atomic E-state index is 0.563. The number of aromatic nitrogens is 2. The number of hydrogen-bond donors (Lipinski definition) is 3. The molecule has 5 nitrogen and oxygen atoms in total. The first-order valence-corrected chi connectivity index (χ1v) is 6.53. The van der Waals surface area contributed by atoms with Gasteiger partial charge in [0, 0.05) is 19.2 Å². The van der Waals surface area contributed by atoms with Crippen molar-refractivity contribution in [1.82, 2.24) is 9.97 Å². The SMILES string of the molecule is CNc1nc(C)nc(NCC2(O)CCCC2)c1C. The van der Waals surface area contributed by atoms with Crippen LogP contribution in [0.2, 0.25) is 0 Å². The fraction of sp³-hybridized carbons (Fsp3) is 0.692. The molecular formula is C13H22N4O. The summed E-state index contributed by atoms with van der Waals surface area (Å²) in [6.45, 7) is 4.41. The van der Waals surface area contributed by atoms with Crippen molar-refractivity contribution < 1.29 is 5.11 Å². The van der Waals surface area contributed by atoms with E-state index in [2.05, 4.69) is 20.6 Å². The van der Waals surface area contributed by atoms with Crippen LogP contribution in [0.1, 0.15) is 37.1 Å². The van der Waals surface area contributed by atoms with Crippen molar-refractivity contribution >= 4 is 11.6 Å². The molecule has 1 aromatic rings. The van der Waals surface area contributed by atoms with E-state index in [4.69, 9.17) is 0 Å². The monoisotopic (exact) mass is 250 g/mol. The molecule has 0 atom stereocenters. The quantitative estimate of drug-likeness (QED) is 0.761. The highest BCUT2D eigenvalue weighted by molar-refractivity contribution is 5.57. The third-order valence-corrected chi connectivity index (χ3v) is 3.61. The van der Waals surface area contributed by atoms with E-state index in [0.29, 0.717) is 6.54 Å². The fourth-order valence-corrected chi connectivity index (χ4v) is 2.50. The van der Waals surface area contributed by atoms with E-state index < -0.39 is 5.60 Å². The highest BCUT2D eigenvalue weighted by Crippen LogP contribution is 2.30. The summed E-state index contributed by atoms with van der Waals surface area (Å²) < 4.78 is 0. The zero-order valence-electron chi connectivity index (χ0n) is 11.4. The standard InChI is InChI=1S/C13H22N4O/c1-9-11(14-3)16-10(2)17-12(9)15-8-13(18)6-4-5-7-13/h18H,4-8H2,1-3H3,(H2,14,15,16,17). The number of aryl methyl sites for hydroxylation is 1. The van der Waals surface area contributed by atoms with E-state index in [1.54, 1.807) is 0 Å². The Morgan fingerprint density at radius 2 is 1.78 bits per heavy atom. The summed E-state index contributed by atoms with van der Waals surface area (Å²) in [7, 11) is 1.85. The molecule has 0 aliphatic heterocycles. The maximum atomic E-state index is 10.3. The molecule has 5 heteroatoms. The van der Waals surface area contributed by atoms with Gasteiger partial charge >= 0.3 is 0 Å². The Labute approximate surface area is 108 Å². The van der Waals surface area contributed by atoms with Crippen LogP contribution >= 0.6 is 0 Å². The molecule has 1 aliphatic carbocycles. The lowest BCUT2D eigenvalue weighted by atomic mass is 10.0. The molecule has 2 rings (SSSR count). The van der Waals surface area contributed by atoms with Crippen LogP contribution in [-0.4, -0.2) is 34.3 Å². The van der Waals surface area contributed by atoms with Crippen molar-refractivity contribution in [3.63, 3.8) is 0 Å². The van der Waals surface area contributed by atoms with Gasteiger partial charge in [-0.1, -0.05) is 12.8 Å². The van der Waals surface area contributed by atoms with Crippen LogP contribution in [-0.2, 0) is 0 Å². The lowest BCUT2D eigenvalue weighted by Crippen LogP contribution is -2.34. The molecule has 0 unspecified atom stereocenters. The molecule has 0 bridgehead atoms. The topological polar surface area (TPSA) is 70.1 Å². The van der Waals surface area contributed by atoms with E-state index in [1.807, 2.05) is 20.9 Å². The second-order valence-corrected chi connectivity index (χ2v) is 5.13. The predicted octanol–water partition coefficient (Wildman–Crippen LogP) is 1.85. The molecule has 1 heterocycles. The first-order chi connectivity index (χ1) is 8.54. The molecule has 1 saturated carbocycles. The van der Waals surface area contributed by atoms with Crippen molar-refractivity contribution in [2.45, 2.75) is 45.1 Å². The number of nitrogens with one attached hydrogen (secondary N) is 2. The lowest BCUT2D eigenvalue weighted by Gasteiger charge is -2.23. The number of anilines is 2. The van der Waals surface area contributed by atoms with Gasteiger partial charge in [0.05, 0.1) is 5.60 Å². The molecule has 1 aromatic heterocycles. The summed E-state index contributed by atoms with van der Waals surface area (Å²) in [5, 5.41) is 16.6. The molecule has 18 heavy (non-hydrogen) atoms. The fourth-order valence-electron chi connectivity index (χ4n) is 2.50. The van der Waals surface area contributed by atoms with Gasteiger partial charge < -0.3 is 15.7 Å². The van der Waals surface area contributed by atoms with E-state index in [1.165, 1.54) is 0 Å². The van der Waals surface area contributed by atoms with Gasteiger partial charge in [-0.3, -0.25) is 0 Å². The van der Waals surface area contributed by atoms with Crippen LogP contribution in [0.3, 0.4) is 0 Å². The Kier molecular flexibility index (Phi) is 3.71. The van der Waals surface area contributed by atoms with E-state index in [-0.39, 0.29) is 0 Å². The summed E-state index contributed by atoms with van der Waals surface area (Å²) in [5.74, 6) is 2.38. The van der Waals surface area contributed by atoms with Crippen LogP contribution < -0.4 is 10.6 Å². The van der Waals surface area contributed by atoms with E-state index in [9.17, 15) is 5.11 Å². The maximum absolute atomic E-state index is 10.3. The number of aliphatic hydroxyl groups is 1. The van der Waals surface area contributed by atoms with Gasteiger partial charge in [-0.25, -0.2) is 9.97 Å². The first kappa shape index (κ1) is 13.1. The average Bonchev–Trinajstić information content (AvgIpc) is 2.77. The molecule has 100 valence electrons. The molecule has 0 aromatic carbocycles. The molecule has 1 fully saturated rings. The Morgan fingerprint density at radius 3 is 2.39 bits per heavy atom. The Hall–Kier alpha value is -1.36. The highest BCUT2D eigenvalue weighted by atomic mass is 16.3. The Bertz CT molecular complexity index is 427. The third-order valence-electron chi connectivity index (χ3n) is 3.61. The van der Waals surface area contributed by atoms with Gasteiger partial charge in [0.2, 0.25) is 0 Å². The predicted molar refractivity (Wildman–Crippen MR) is 73.0 cm³/mol. The molecule has 3 N–H and O–H groups in total. The zero-order valence-corrected chi connectivity index (χ0v) is 11.4. The first-order valence-electron chi connectivity index (χ1n) is 6.53. The Balaban J connectivity index is 2.11. The van der Waals surface area contributed by atoms with Gasteiger partial charge in [-0.2, -0.15) is 0 Å². The number of rotatable bonds is 4. The summed E-state index contributed by atoms with van der Waals surface area (Å²) >= 11 is 0. The summed E-state index contributed by atoms with van der Waals surface area (Å²) in [5.41, 5.74) is 0.426. The minimum atomic E-state index is -0.564. The molecular weight excluding hydrogens is 228 g/mol. The normalized spacial score (nSPS) is 17.8. The molecule has 0 spiro atoms. The van der Waals surface area contributed by atoms with Gasteiger partial charge in [0.15, 0.2) is 0 Å². The lowest BCUT2D eigenvalue weighted by molar-refractivity contribution is 0.0614. The van der Waals surface area contributed by atoms with E-state index >= 15 is 0 Å². The van der Waals surface area contributed by atoms with Crippen LogP contribution in [0.15, 0.2) is 0 Å². The summed E-state index contributed by atoms with van der Waals surface area (Å²) in [6, 6.07) is 0. The summed E-state index contributed by atoms with van der Waals surface area (Å²) in [4.78, 5) is 8.72. The number of hydrogen-bond acceptors (Lipinski definition) is 5.